The zero-order valence-corrected chi connectivity index (χ0v) is 27.9. The van der Waals surface area contributed by atoms with Crippen molar-refractivity contribution in [2.45, 2.75) is 67.3 Å². The van der Waals surface area contributed by atoms with Gasteiger partial charge in [-0.3, -0.25) is 14.8 Å². The normalized spacial score (nSPS) is 14.1. The number of carbonyl (C=O) groups is 1. The lowest BCUT2D eigenvalue weighted by Gasteiger charge is -2.26. The van der Waals surface area contributed by atoms with Gasteiger partial charge in [0.1, 0.15) is 11.5 Å². The van der Waals surface area contributed by atoms with Crippen LogP contribution in [0.4, 0.5) is 0 Å². The van der Waals surface area contributed by atoms with Crippen LogP contribution in [-0.2, 0) is 16.1 Å². The second kappa shape index (κ2) is 21.0. The molecule has 0 spiro atoms. The van der Waals surface area contributed by atoms with Crippen LogP contribution >= 0.6 is 0 Å². The number of fused-ring (bicyclic) bond motifs is 1. The van der Waals surface area contributed by atoms with Gasteiger partial charge in [-0.05, 0) is 55.2 Å². The smallest absolute Gasteiger partial charge is 0.135 e. The van der Waals surface area contributed by atoms with Crippen molar-refractivity contribution >= 4 is 28.8 Å². The lowest BCUT2D eigenvalue weighted by molar-refractivity contribution is -0.119. The summed E-state index contributed by atoms with van der Waals surface area (Å²) < 4.78 is 10.4. The van der Waals surface area contributed by atoms with Crippen molar-refractivity contribution < 1.29 is 14.3 Å². The maximum Gasteiger partial charge on any atom is 0.135 e. The molecule has 6 heteroatoms. The number of ketones is 1. The Morgan fingerprint density at radius 1 is 0.955 bits per heavy atom. The van der Waals surface area contributed by atoms with E-state index >= 15 is 0 Å². The largest absolute Gasteiger partial charge is 0.497 e. The van der Waals surface area contributed by atoms with Gasteiger partial charge in [-0.2, -0.15) is 5.10 Å². The van der Waals surface area contributed by atoms with Crippen LogP contribution in [0.25, 0.3) is 23.1 Å². The molecule has 238 valence electrons. The molecule has 44 heavy (non-hydrogen) atoms. The molecular weight excluding hydrogens is 546 g/mol. The maximum absolute atomic E-state index is 10.6. The molecule has 1 saturated heterocycles. The summed E-state index contributed by atoms with van der Waals surface area (Å²) in [5.41, 5.74) is 5.84. The number of H-pyrrole nitrogens is 1. The van der Waals surface area contributed by atoms with Gasteiger partial charge in [-0.1, -0.05) is 101 Å². The number of aromatic amines is 1. The summed E-state index contributed by atoms with van der Waals surface area (Å²) in [5, 5.41) is 8.61. The lowest BCUT2D eigenvalue weighted by Crippen LogP contribution is -2.35. The third kappa shape index (κ3) is 12.9. The molecule has 2 fully saturated rings. The number of aromatic nitrogens is 2. The molecule has 0 amide bonds. The van der Waals surface area contributed by atoms with Crippen LogP contribution in [-0.4, -0.2) is 54.3 Å². The number of rotatable bonds is 7. The number of nitrogens with zero attached hydrogens (tertiary/aromatic N) is 2. The van der Waals surface area contributed by atoms with Crippen LogP contribution < -0.4 is 4.74 Å². The monoisotopic (exact) mass is 599 g/mol. The number of para-hydroxylation sites is 1. The number of aryl methyl sites for hydroxylation is 1. The van der Waals surface area contributed by atoms with Crippen molar-refractivity contribution in [1.29, 1.82) is 0 Å². The summed E-state index contributed by atoms with van der Waals surface area (Å²) in [7, 11) is 1.67. The first-order valence-electron chi connectivity index (χ1n) is 16.2. The van der Waals surface area contributed by atoms with Gasteiger partial charge in [0.25, 0.3) is 0 Å². The Hall–Kier alpha value is -3.74. The number of nitrogens with one attached hydrogen (secondary N) is 1. The Morgan fingerprint density at radius 3 is 2.25 bits per heavy atom. The van der Waals surface area contributed by atoms with Gasteiger partial charge in [-0.25, -0.2) is 0 Å². The second-order valence-corrected chi connectivity index (χ2v) is 10.2. The maximum atomic E-state index is 10.6. The minimum Gasteiger partial charge on any atom is -0.497 e. The van der Waals surface area contributed by atoms with Gasteiger partial charge < -0.3 is 9.47 Å². The van der Waals surface area contributed by atoms with Gasteiger partial charge in [-0.15, -0.1) is 0 Å². The van der Waals surface area contributed by atoms with E-state index in [0.717, 1.165) is 74.5 Å². The Balaban J connectivity index is 0.000000277. The highest BCUT2D eigenvalue weighted by atomic mass is 16.5. The number of Topliss-reactive ketones (excluding diaryl/α,β-unsaturated/α-hetero) is 1. The number of methoxy groups -OCH3 is 1. The number of benzene rings is 3. The van der Waals surface area contributed by atoms with E-state index in [-0.39, 0.29) is 0 Å². The fourth-order valence-corrected chi connectivity index (χ4v) is 4.47. The Morgan fingerprint density at radius 2 is 1.64 bits per heavy atom. The quantitative estimate of drug-likeness (QED) is 0.230. The van der Waals surface area contributed by atoms with E-state index in [1.54, 1.807) is 7.11 Å². The second-order valence-electron chi connectivity index (χ2n) is 10.2. The third-order valence-corrected chi connectivity index (χ3v) is 7.03. The predicted octanol–water partition coefficient (Wildman–Crippen LogP) is 9.00. The van der Waals surface area contributed by atoms with Crippen molar-refractivity contribution in [2.24, 2.45) is 5.92 Å². The first-order valence-corrected chi connectivity index (χ1v) is 16.2. The van der Waals surface area contributed by atoms with Crippen LogP contribution in [0.1, 0.15) is 76.3 Å². The Bertz CT molecular complexity index is 1370. The van der Waals surface area contributed by atoms with Gasteiger partial charge in [0, 0.05) is 37.4 Å². The molecule has 6 rings (SSSR count). The highest BCUT2D eigenvalue weighted by Gasteiger charge is 2.27. The molecule has 1 N–H and O–H groups in total. The molecule has 4 aromatic rings. The Labute approximate surface area is 265 Å². The molecule has 0 unspecified atom stereocenters. The minimum atomic E-state index is 0.458. The van der Waals surface area contributed by atoms with E-state index < -0.39 is 0 Å². The first kappa shape index (κ1) is 36.5. The van der Waals surface area contributed by atoms with Crippen LogP contribution in [0, 0.1) is 12.8 Å². The van der Waals surface area contributed by atoms with Crippen LogP contribution in [0.5, 0.6) is 5.75 Å². The molecule has 2 heterocycles. The molecule has 1 saturated carbocycles. The van der Waals surface area contributed by atoms with Gasteiger partial charge >= 0.3 is 0 Å². The first-order chi connectivity index (χ1) is 21.6. The van der Waals surface area contributed by atoms with Crippen molar-refractivity contribution in [1.82, 2.24) is 15.1 Å². The zero-order chi connectivity index (χ0) is 32.2. The van der Waals surface area contributed by atoms with E-state index in [0.29, 0.717) is 11.7 Å². The van der Waals surface area contributed by atoms with E-state index in [4.69, 9.17) is 9.47 Å². The molecule has 1 aliphatic carbocycles. The summed E-state index contributed by atoms with van der Waals surface area (Å²) in [4.78, 5) is 13.0. The van der Waals surface area contributed by atoms with Gasteiger partial charge in [0.2, 0.25) is 0 Å². The zero-order valence-electron chi connectivity index (χ0n) is 27.9. The number of hydrogen-bond acceptors (Lipinski definition) is 5. The van der Waals surface area contributed by atoms with Gasteiger partial charge in [0.05, 0.1) is 31.5 Å². The van der Waals surface area contributed by atoms with Crippen molar-refractivity contribution in [3.8, 4) is 5.75 Å². The summed E-state index contributed by atoms with van der Waals surface area (Å²) in [5.74, 6) is 1.85. The van der Waals surface area contributed by atoms with E-state index in [1.165, 1.54) is 16.7 Å². The fourth-order valence-electron chi connectivity index (χ4n) is 4.47. The van der Waals surface area contributed by atoms with Crippen molar-refractivity contribution in [3.63, 3.8) is 0 Å². The van der Waals surface area contributed by atoms with Crippen LogP contribution in [0.15, 0.2) is 72.8 Å². The average Bonchev–Trinajstić information content (AvgIpc) is 3.87. The van der Waals surface area contributed by atoms with Crippen molar-refractivity contribution in [3.05, 3.63) is 95.2 Å². The summed E-state index contributed by atoms with van der Waals surface area (Å²) in [6.07, 6.45) is 7.27. The third-order valence-electron chi connectivity index (χ3n) is 7.03. The molecule has 1 aromatic heterocycles. The predicted molar refractivity (Wildman–Crippen MR) is 186 cm³/mol. The van der Waals surface area contributed by atoms with E-state index in [1.807, 2.05) is 77.1 Å². The standard InChI is InChI=1S/C20H21N3O.C8H10O.C6H10O.2C2H6/c1-2-7-19-18(6-1)20(22-21-19)9-8-16-4-3-5-17(14-16)15-23-10-12-24-13-11-23;1-7-3-5-8(9-2)6-4-7;1-2-6(7)5-3-4-5;2*1-2/h1-9,14H,10-13,15H2,(H,21,22);3-6H,1-2H3;5H,2-4H2,1H3;2*1-2H3/b9-8+;;;;. The fraction of sp³-hybridized carbons (Fsp3) is 0.421. The van der Waals surface area contributed by atoms with E-state index in [9.17, 15) is 4.79 Å². The lowest BCUT2D eigenvalue weighted by atomic mass is 10.1. The summed E-state index contributed by atoms with van der Waals surface area (Å²) in [6, 6.07) is 24.9. The molecular formula is C38H53N3O3. The summed E-state index contributed by atoms with van der Waals surface area (Å²) >= 11 is 0. The molecule has 3 aromatic carbocycles. The number of ether oxygens (including phenoxy) is 2. The number of morpholine rings is 1. The highest BCUT2D eigenvalue weighted by molar-refractivity contribution is 5.89. The SMILES string of the molecule is C(=C\c1n[nH]c2ccccc12)/c1cccc(CN2CCOCC2)c1.CC.CC.CCC(=O)C1CC1.COc1ccc(C)cc1. The molecule has 0 bridgehead atoms. The Kier molecular flexibility index (Phi) is 17.4. The highest BCUT2D eigenvalue weighted by Crippen LogP contribution is 2.30. The van der Waals surface area contributed by atoms with Crippen LogP contribution in [0.3, 0.4) is 0 Å². The van der Waals surface area contributed by atoms with Crippen molar-refractivity contribution in [2.75, 3.05) is 33.4 Å². The molecule has 0 atom stereocenters. The van der Waals surface area contributed by atoms with E-state index in [2.05, 4.69) is 64.5 Å². The molecule has 0 radical (unpaired) electrons. The molecule has 2 aliphatic rings. The average molecular weight is 600 g/mol. The number of carbonyl (C=O) groups excluding carboxylic acids is 1. The molecule has 1 aliphatic heterocycles. The summed E-state index contributed by atoms with van der Waals surface area (Å²) in [6.45, 7) is 16.7. The topological polar surface area (TPSA) is 67.5 Å². The molecule has 6 nitrogen and oxygen atoms in total. The van der Waals surface area contributed by atoms with Gasteiger partial charge in [0.15, 0.2) is 0 Å². The van der Waals surface area contributed by atoms with Crippen LogP contribution in [0.2, 0.25) is 0 Å². The minimum absolute atomic E-state index is 0.458. The number of hydrogen-bond donors (Lipinski definition) is 1.